The summed E-state index contributed by atoms with van der Waals surface area (Å²) in [4.78, 5) is 34.2. The van der Waals surface area contributed by atoms with E-state index in [2.05, 4.69) is 25.9 Å². The van der Waals surface area contributed by atoms with Crippen molar-refractivity contribution in [1.29, 1.82) is 0 Å². The lowest BCUT2D eigenvalue weighted by molar-refractivity contribution is -0.115. The molecule has 29 heavy (non-hydrogen) atoms. The van der Waals surface area contributed by atoms with Crippen molar-refractivity contribution in [2.45, 2.75) is 19.5 Å². The summed E-state index contributed by atoms with van der Waals surface area (Å²) in [5, 5.41) is 0. The molecule has 2 N–H and O–H groups in total. The van der Waals surface area contributed by atoms with Gasteiger partial charge in [0.25, 0.3) is 5.56 Å². The highest BCUT2D eigenvalue weighted by molar-refractivity contribution is 9.10. The van der Waals surface area contributed by atoms with Crippen molar-refractivity contribution in [2.75, 3.05) is 5.73 Å². The lowest BCUT2D eigenvalue weighted by atomic mass is 10.1. The van der Waals surface area contributed by atoms with E-state index in [-0.39, 0.29) is 35.0 Å². The van der Waals surface area contributed by atoms with E-state index in [1.54, 1.807) is 16.7 Å². The summed E-state index contributed by atoms with van der Waals surface area (Å²) in [7, 11) is 0. The molecule has 0 saturated carbocycles. The van der Waals surface area contributed by atoms with Gasteiger partial charge in [-0.3, -0.25) is 18.7 Å². The molecule has 8 heteroatoms. The molecule has 1 aliphatic rings. The summed E-state index contributed by atoms with van der Waals surface area (Å²) < 4.78 is 3.83. The number of rotatable bonds is 5. The summed E-state index contributed by atoms with van der Waals surface area (Å²) in [6, 6.07) is 7.68. The van der Waals surface area contributed by atoms with Crippen LogP contribution in [0.25, 0.3) is 11.2 Å². The van der Waals surface area contributed by atoms with Gasteiger partial charge < -0.3 is 5.73 Å². The van der Waals surface area contributed by atoms with Gasteiger partial charge in [0.15, 0.2) is 16.9 Å². The fraction of sp³-hybridized carbons (Fsp3) is 0.143. The van der Waals surface area contributed by atoms with Crippen LogP contribution in [0.1, 0.15) is 12.0 Å². The van der Waals surface area contributed by atoms with Crippen LogP contribution in [0.2, 0.25) is 0 Å². The van der Waals surface area contributed by atoms with Gasteiger partial charge in [0, 0.05) is 10.0 Å². The molecule has 4 rings (SSSR count). The molecule has 0 atom stereocenters. The quantitative estimate of drug-likeness (QED) is 0.642. The molecule has 0 aliphatic heterocycles. The zero-order valence-corrected chi connectivity index (χ0v) is 17.0. The number of carbonyl (C=O) groups excluding carboxylic acids is 1. The van der Waals surface area contributed by atoms with Crippen molar-refractivity contribution in [3.63, 3.8) is 0 Å². The summed E-state index contributed by atoms with van der Waals surface area (Å²) in [5.74, 6) is 0.0323. The number of aromatic nitrogens is 4. The Hall–Kier alpha value is -3.26. The Balaban J connectivity index is 1.72. The first-order valence-electron chi connectivity index (χ1n) is 9.05. The number of hydrogen-bond acceptors (Lipinski definition) is 5. The summed E-state index contributed by atoms with van der Waals surface area (Å²) >= 11 is 3.51. The number of imidazole rings is 1. The van der Waals surface area contributed by atoms with Crippen molar-refractivity contribution in [3.8, 4) is 0 Å². The number of benzene rings is 1. The van der Waals surface area contributed by atoms with Crippen LogP contribution in [0.15, 0.2) is 75.8 Å². The molecule has 146 valence electrons. The number of halogens is 1. The van der Waals surface area contributed by atoms with Gasteiger partial charge in [0.05, 0.1) is 13.1 Å². The van der Waals surface area contributed by atoms with Gasteiger partial charge in [-0.2, -0.15) is 4.98 Å². The third kappa shape index (κ3) is 3.84. The van der Waals surface area contributed by atoms with Crippen LogP contribution in [0.4, 0.5) is 5.95 Å². The van der Waals surface area contributed by atoms with Gasteiger partial charge in [-0.1, -0.05) is 64.5 Å². The maximum absolute atomic E-state index is 13.1. The topological polar surface area (TPSA) is 95.8 Å². The van der Waals surface area contributed by atoms with Crippen LogP contribution < -0.4 is 11.3 Å². The first-order chi connectivity index (χ1) is 14.0. The van der Waals surface area contributed by atoms with Crippen molar-refractivity contribution in [2.24, 2.45) is 0 Å². The molecular weight excluding hydrogens is 434 g/mol. The lowest BCUT2D eigenvalue weighted by Gasteiger charge is -2.09. The Morgan fingerprint density at radius 2 is 2.07 bits per heavy atom. The number of nitrogen functional groups attached to an aromatic ring is 1. The molecule has 3 aromatic rings. The van der Waals surface area contributed by atoms with Gasteiger partial charge in [-0.05, 0) is 18.1 Å². The standard InChI is InChI=1S/C21H18BrN5O2/c22-16-10-6-5-9-15(16)11-27-18-19(25-21(27)23)24-13-26(20(18)29)12-17(28)14-7-3-1-2-4-8-14/h1,3-10,13H,2,11-12H2,(H2,23,25). The van der Waals surface area contributed by atoms with Crippen molar-refractivity contribution in [3.05, 3.63) is 86.9 Å². The highest BCUT2D eigenvalue weighted by Crippen LogP contribution is 2.20. The van der Waals surface area contributed by atoms with Crippen molar-refractivity contribution >= 4 is 38.8 Å². The number of nitrogens with zero attached hydrogens (tertiary/aromatic N) is 4. The van der Waals surface area contributed by atoms with Gasteiger partial charge in [0.1, 0.15) is 6.33 Å². The van der Waals surface area contributed by atoms with Crippen molar-refractivity contribution < 1.29 is 4.79 Å². The average molecular weight is 452 g/mol. The number of anilines is 1. The number of nitrogens with two attached hydrogens (primary N) is 1. The molecule has 0 fully saturated rings. The smallest absolute Gasteiger partial charge is 0.280 e. The van der Waals surface area contributed by atoms with Crippen LogP contribution >= 0.6 is 15.9 Å². The lowest BCUT2D eigenvalue weighted by Crippen LogP contribution is -2.26. The molecule has 1 aromatic carbocycles. The molecule has 0 bridgehead atoms. The molecule has 0 unspecified atom stereocenters. The van der Waals surface area contributed by atoms with Gasteiger partial charge in [-0.25, -0.2) is 4.98 Å². The molecule has 0 spiro atoms. The number of hydrogen-bond donors (Lipinski definition) is 1. The molecule has 2 aromatic heterocycles. The first kappa shape index (κ1) is 19.1. The van der Waals surface area contributed by atoms with E-state index < -0.39 is 0 Å². The number of ketones is 1. The largest absolute Gasteiger partial charge is 0.369 e. The molecule has 2 heterocycles. The van der Waals surface area contributed by atoms with E-state index >= 15 is 0 Å². The monoisotopic (exact) mass is 451 g/mol. The summed E-state index contributed by atoms with van der Waals surface area (Å²) in [6.45, 7) is 0.253. The first-order valence-corrected chi connectivity index (χ1v) is 9.85. The molecule has 0 radical (unpaired) electrons. The maximum Gasteiger partial charge on any atom is 0.280 e. The SMILES string of the molecule is Nc1nc2ncn(CC(=O)C3=CC=CCC=C3)c(=O)c2n1Cc1ccccc1Br. The van der Waals surface area contributed by atoms with E-state index in [4.69, 9.17) is 5.73 Å². The molecule has 7 nitrogen and oxygen atoms in total. The van der Waals surface area contributed by atoms with E-state index in [0.29, 0.717) is 12.1 Å². The minimum Gasteiger partial charge on any atom is -0.369 e. The third-order valence-corrected chi connectivity index (χ3v) is 5.44. The second-order valence-corrected chi connectivity index (χ2v) is 7.46. The Morgan fingerprint density at radius 1 is 1.24 bits per heavy atom. The van der Waals surface area contributed by atoms with Crippen LogP contribution in [0.5, 0.6) is 0 Å². The Kier molecular flexibility index (Phi) is 5.26. The molecule has 1 aliphatic carbocycles. The fourth-order valence-corrected chi connectivity index (χ4v) is 3.56. The second kappa shape index (κ2) is 8.00. The van der Waals surface area contributed by atoms with Crippen LogP contribution in [0, 0.1) is 0 Å². The van der Waals surface area contributed by atoms with Crippen LogP contribution in [-0.2, 0) is 17.9 Å². The highest BCUT2D eigenvalue weighted by Gasteiger charge is 2.17. The predicted octanol–water partition coefficient (Wildman–Crippen LogP) is 3.00. The molecule has 0 saturated heterocycles. The van der Waals surface area contributed by atoms with E-state index in [0.717, 1.165) is 16.5 Å². The zero-order chi connectivity index (χ0) is 20.4. The van der Waals surface area contributed by atoms with Crippen LogP contribution in [0.3, 0.4) is 0 Å². The van der Waals surface area contributed by atoms with Gasteiger partial charge in [-0.15, -0.1) is 0 Å². The minimum absolute atomic E-state index is 0.105. The third-order valence-electron chi connectivity index (χ3n) is 4.67. The second-order valence-electron chi connectivity index (χ2n) is 6.61. The fourth-order valence-electron chi connectivity index (χ4n) is 3.15. The van der Waals surface area contributed by atoms with Gasteiger partial charge >= 0.3 is 0 Å². The highest BCUT2D eigenvalue weighted by atomic mass is 79.9. The van der Waals surface area contributed by atoms with Gasteiger partial charge in [0.2, 0.25) is 5.95 Å². The number of Topliss-reactive ketones (excluding diaryl/α,β-unsaturated/α-hetero) is 1. The predicted molar refractivity (Wildman–Crippen MR) is 115 cm³/mol. The Morgan fingerprint density at radius 3 is 2.90 bits per heavy atom. The van der Waals surface area contributed by atoms with Crippen LogP contribution in [-0.4, -0.2) is 24.9 Å². The van der Waals surface area contributed by atoms with Crippen molar-refractivity contribution in [1.82, 2.24) is 19.1 Å². The summed E-state index contributed by atoms with van der Waals surface area (Å²) in [6.07, 6.45) is 11.3. The average Bonchev–Trinajstić information content (AvgIpc) is 2.88. The Labute approximate surface area is 175 Å². The zero-order valence-electron chi connectivity index (χ0n) is 15.5. The van der Waals surface area contributed by atoms with E-state index in [1.165, 1.54) is 10.9 Å². The normalized spacial score (nSPS) is 13.5. The minimum atomic E-state index is -0.353. The molecule has 0 amide bonds. The Bertz CT molecular complexity index is 1250. The maximum atomic E-state index is 13.1. The number of fused-ring (bicyclic) bond motifs is 1. The molecular formula is C21H18BrN5O2. The summed E-state index contributed by atoms with van der Waals surface area (Å²) in [5.41, 5.74) is 7.75. The number of allylic oxidation sites excluding steroid dienone is 6. The van der Waals surface area contributed by atoms with E-state index in [9.17, 15) is 9.59 Å². The van der Waals surface area contributed by atoms with E-state index in [1.807, 2.05) is 42.5 Å². The number of carbonyl (C=O) groups is 1.